The van der Waals surface area contributed by atoms with Crippen molar-refractivity contribution in [2.75, 3.05) is 18.4 Å². The maximum absolute atomic E-state index is 12.6. The molecule has 1 aliphatic rings. The monoisotopic (exact) mass is 366 g/mol. The van der Waals surface area contributed by atoms with Crippen LogP contribution in [-0.2, 0) is 11.3 Å². The van der Waals surface area contributed by atoms with E-state index >= 15 is 0 Å². The van der Waals surface area contributed by atoms with E-state index in [0.717, 1.165) is 42.9 Å². The number of pyridine rings is 1. The molecule has 6 heteroatoms. The van der Waals surface area contributed by atoms with E-state index in [1.54, 1.807) is 6.92 Å². The number of anilines is 1. The summed E-state index contributed by atoms with van der Waals surface area (Å²) in [5.41, 5.74) is 3.64. The first kappa shape index (κ1) is 19.0. The fraction of sp³-hybridized carbons (Fsp3) is 0.381. The zero-order valence-corrected chi connectivity index (χ0v) is 16.1. The van der Waals surface area contributed by atoms with Gasteiger partial charge < -0.3 is 10.6 Å². The number of rotatable bonds is 5. The summed E-state index contributed by atoms with van der Waals surface area (Å²) in [5.74, 6) is 0.424. The Kier molecular flexibility index (Phi) is 5.86. The molecule has 2 N–H and O–H groups in total. The minimum Gasteiger partial charge on any atom is -0.352 e. The number of carbonyl (C=O) groups excluding carboxylic acids is 2. The normalized spacial score (nSPS) is 16.9. The van der Waals surface area contributed by atoms with Gasteiger partial charge in [-0.15, -0.1) is 0 Å². The molecular formula is C21H26N4O2. The number of hydrogen-bond donors (Lipinski definition) is 2. The molecule has 1 aromatic carbocycles. The van der Waals surface area contributed by atoms with Gasteiger partial charge in [0.2, 0.25) is 5.91 Å². The van der Waals surface area contributed by atoms with Crippen molar-refractivity contribution in [1.82, 2.24) is 15.2 Å². The lowest BCUT2D eigenvalue weighted by atomic mass is 10.1. The van der Waals surface area contributed by atoms with Crippen molar-refractivity contribution in [3.8, 4) is 0 Å². The van der Waals surface area contributed by atoms with Crippen LogP contribution in [0.4, 0.5) is 5.82 Å². The van der Waals surface area contributed by atoms with Crippen LogP contribution in [0.2, 0.25) is 0 Å². The van der Waals surface area contributed by atoms with E-state index in [4.69, 9.17) is 0 Å². The first-order chi connectivity index (χ1) is 12.9. The van der Waals surface area contributed by atoms with Gasteiger partial charge in [0.15, 0.2) is 0 Å². The van der Waals surface area contributed by atoms with Crippen LogP contribution >= 0.6 is 0 Å². The lowest BCUT2D eigenvalue weighted by molar-refractivity contribution is -0.119. The molecule has 0 bridgehead atoms. The lowest BCUT2D eigenvalue weighted by Gasteiger charge is -2.17. The highest BCUT2D eigenvalue weighted by Gasteiger charge is 2.23. The van der Waals surface area contributed by atoms with Crippen molar-refractivity contribution in [3.63, 3.8) is 0 Å². The van der Waals surface area contributed by atoms with Gasteiger partial charge in [0.25, 0.3) is 5.91 Å². The third-order valence-corrected chi connectivity index (χ3v) is 4.61. The summed E-state index contributed by atoms with van der Waals surface area (Å²) >= 11 is 0. The minimum absolute atomic E-state index is 0.0144. The number of benzene rings is 1. The Hall–Kier alpha value is -2.73. The van der Waals surface area contributed by atoms with E-state index < -0.39 is 0 Å². The first-order valence-electron chi connectivity index (χ1n) is 9.24. The van der Waals surface area contributed by atoms with Crippen molar-refractivity contribution in [2.24, 2.45) is 0 Å². The fourth-order valence-corrected chi connectivity index (χ4v) is 3.54. The number of aryl methyl sites for hydroxylation is 2. The van der Waals surface area contributed by atoms with Crippen LogP contribution in [0.1, 0.15) is 40.5 Å². The van der Waals surface area contributed by atoms with Crippen molar-refractivity contribution < 1.29 is 9.59 Å². The topological polar surface area (TPSA) is 74.3 Å². The molecule has 0 spiro atoms. The van der Waals surface area contributed by atoms with Gasteiger partial charge in [-0.3, -0.25) is 14.5 Å². The van der Waals surface area contributed by atoms with Crippen LogP contribution in [-0.4, -0.2) is 40.8 Å². The average Bonchev–Trinajstić information content (AvgIpc) is 3.00. The molecule has 27 heavy (non-hydrogen) atoms. The molecule has 1 aliphatic heterocycles. The predicted octanol–water partition coefficient (Wildman–Crippen LogP) is 2.66. The summed E-state index contributed by atoms with van der Waals surface area (Å²) < 4.78 is 0. The third-order valence-electron chi connectivity index (χ3n) is 4.61. The van der Waals surface area contributed by atoms with Crippen LogP contribution in [0.3, 0.4) is 0 Å². The van der Waals surface area contributed by atoms with Gasteiger partial charge in [-0.2, -0.15) is 0 Å². The Bertz CT molecular complexity index is 830. The van der Waals surface area contributed by atoms with Crippen molar-refractivity contribution >= 4 is 17.6 Å². The number of hydrogen-bond acceptors (Lipinski definition) is 4. The number of carbonyl (C=O) groups is 2. The Morgan fingerprint density at radius 2 is 2.04 bits per heavy atom. The molecule has 2 aromatic rings. The van der Waals surface area contributed by atoms with Gasteiger partial charge in [0, 0.05) is 43.9 Å². The Labute approximate surface area is 160 Å². The van der Waals surface area contributed by atoms with Gasteiger partial charge in [-0.05, 0) is 55.7 Å². The second-order valence-corrected chi connectivity index (χ2v) is 7.25. The third kappa shape index (κ3) is 5.37. The number of nitrogens with one attached hydrogen (secondary N) is 2. The maximum atomic E-state index is 12.6. The van der Waals surface area contributed by atoms with Crippen LogP contribution in [0, 0.1) is 13.8 Å². The Balaban J connectivity index is 1.63. The Morgan fingerprint density at radius 3 is 2.78 bits per heavy atom. The molecule has 1 saturated heterocycles. The molecule has 2 heterocycles. The van der Waals surface area contributed by atoms with Crippen molar-refractivity contribution in [2.45, 2.75) is 39.8 Å². The van der Waals surface area contributed by atoms with Crippen molar-refractivity contribution in [3.05, 3.63) is 58.8 Å². The zero-order chi connectivity index (χ0) is 19.4. The van der Waals surface area contributed by atoms with Crippen LogP contribution in [0.5, 0.6) is 0 Å². The number of aromatic nitrogens is 1. The molecule has 0 saturated carbocycles. The molecule has 0 radical (unpaired) electrons. The SMILES string of the molecule is CC(=O)N[C@@H]1CCN(Cc2cccc(C(=O)Nc3cc(C)cc(C)n3)c2)C1. The Morgan fingerprint density at radius 1 is 1.22 bits per heavy atom. The van der Waals surface area contributed by atoms with Crippen LogP contribution < -0.4 is 10.6 Å². The van der Waals surface area contributed by atoms with E-state index in [9.17, 15) is 9.59 Å². The summed E-state index contributed by atoms with van der Waals surface area (Å²) in [7, 11) is 0. The summed E-state index contributed by atoms with van der Waals surface area (Å²) in [5, 5.41) is 5.85. The summed E-state index contributed by atoms with van der Waals surface area (Å²) in [6, 6.07) is 11.7. The largest absolute Gasteiger partial charge is 0.352 e. The molecule has 0 unspecified atom stereocenters. The summed E-state index contributed by atoms with van der Waals surface area (Å²) in [6.07, 6.45) is 0.956. The smallest absolute Gasteiger partial charge is 0.256 e. The van der Waals surface area contributed by atoms with E-state index in [1.807, 2.05) is 50.2 Å². The summed E-state index contributed by atoms with van der Waals surface area (Å²) in [6.45, 7) is 7.98. The standard InChI is InChI=1S/C21H26N4O2/c1-14-9-15(2)22-20(10-14)24-21(27)18-6-4-5-17(11-18)12-25-8-7-19(13-25)23-16(3)26/h4-6,9-11,19H,7-8,12-13H2,1-3H3,(H,23,26)(H,22,24,27)/t19-/m1/s1. The van der Waals surface area contributed by atoms with Crippen LogP contribution in [0.15, 0.2) is 36.4 Å². The number of nitrogens with zero attached hydrogens (tertiary/aromatic N) is 2. The lowest BCUT2D eigenvalue weighted by Crippen LogP contribution is -2.35. The van der Waals surface area contributed by atoms with Gasteiger partial charge in [0.1, 0.15) is 5.82 Å². The molecular weight excluding hydrogens is 340 g/mol. The molecule has 1 atom stereocenters. The van der Waals surface area contributed by atoms with E-state index in [1.165, 1.54) is 0 Å². The molecule has 3 rings (SSSR count). The highest BCUT2D eigenvalue weighted by atomic mass is 16.2. The first-order valence-corrected chi connectivity index (χ1v) is 9.24. The second kappa shape index (κ2) is 8.31. The molecule has 6 nitrogen and oxygen atoms in total. The minimum atomic E-state index is -0.160. The van der Waals surface area contributed by atoms with Gasteiger partial charge in [0.05, 0.1) is 0 Å². The molecule has 1 fully saturated rings. The zero-order valence-electron chi connectivity index (χ0n) is 16.1. The number of amides is 2. The number of likely N-dealkylation sites (tertiary alicyclic amines) is 1. The average molecular weight is 366 g/mol. The molecule has 142 valence electrons. The highest BCUT2D eigenvalue weighted by Crippen LogP contribution is 2.16. The fourth-order valence-electron chi connectivity index (χ4n) is 3.54. The predicted molar refractivity (Wildman–Crippen MR) is 106 cm³/mol. The van der Waals surface area contributed by atoms with Crippen molar-refractivity contribution in [1.29, 1.82) is 0 Å². The maximum Gasteiger partial charge on any atom is 0.256 e. The summed E-state index contributed by atoms with van der Waals surface area (Å²) in [4.78, 5) is 30.4. The van der Waals surface area contributed by atoms with E-state index in [-0.39, 0.29) is 17.9 Å². The molecule has 0 aliphatic carbocycles. The van der Waals surface area contributed by atoms with Gasteiger partial charge in [-0.1, -0.05) is 12.1 Å². The quantitative estimate of drug-likeness (QED) is 0.853. The highest BCUT2D eigenvalue weighted by molar-refractivity contribution is 6.03. The van der Waals surface area contributed by atoms with Gasteiger partial charge >= 0.3 is 0 Å². The second-order valence-electron chi connectivity index (χ2n) is 7.25. The van der Waals surface area contributed by atoms with Crippen LogP contribution in [0.25, 0.3) is 0 Å². The van der Waals surface area contributed by atoms with E-state index in [2.05, 4.69) is 20.5 Å². The van der Waals surface area contributed by atoms with Gasteiger partial charge in [-0.25, -0.2) is 4.98 Å². The molecule has 1 aromatic heterocycles. The molecule has 2 amide bonds. The van der Waals surface area contributed by atoms with E-state index in [0.29, 0.717) is 11.4 Å².